The minimum atomic E-state index is -0.770. The molecular weight excluding hydrogens is 314 g/mol. The molecule has 0 bridgehead atoms. The molecule has 1 aromatic rings. The van der Waals surface area contributed by atoms with Crippen molar-refractivity contribution in [3.63, 3.8) is 0 Å². The molecule has 0 spiro atoms. The van der Waals surface area contributed by atoms with Gasteiger partial charge in [0.05, 0.1) is 18.2 Å². The lowest BCUT2D eigenvalue weighted by Gasteiger charge is -2.26. The van der Waals surface area contributed by atoms with Crippen LogP contribution < -0.4 is 10.6 Å². The number of hydrogen-bond acceptors (Lipinski definition) is 4. The highest BCUT2D eigenvalue weighted by molar-refractivity contribution is 5.93. The second kappa shape index (κ2) is 7.85. The molecule has 0 atom stereocenters. The lowest BCUT2D eigenvalue weighted by molar-refractivity contribution is -0.142. The maximum atomic E-state index is 12.0. The van der Waals surface area contributed by atoms with Gasteiger partial charge in [0.2, 0.25) is 0 Å². The van der Waals surface area contributed by atoms with E-state index in [4.69, 9.17) is 9.84 Å². The van der Waals surface area contributed by atoms with E-state index < -0.39 is 11.9 Å². The first-order chi connectivity index (χ1) is 11.4. The van der Waals surface area contributed by atoms with Gasteiger partial charge in [0.25, 0.3) is 0 Å². The third-order valence-electron chi connectivity index (χ3n) is 4.16. The molecule has 0 aliphatic heterocycles. The van der Waals surface area contributed by atoms with Gasteiger partial charge in [-0.2, -0.15) is 0 Å². The van der Waals surface area contributed by atoms with E-state index in [-0.39, 0.29) is 24.6 Å². The van der Waals surface area contributed by atoms with Crippen molar-refractivity contribution in [3.05, 3.63) is 18.0 Å². The predicted molar refractivity (Wildman–Crippen MR) is 86.9 cm³/mol. The van der Waals surface area contributed by atoms with Crippen LogP contribution in [0, 0.1) is 5.92 Å². The third kappa shape index (κ3) is 4.50. The highest BCUT2D eigenvalue weighted by Gasteiger charge is 2.26. The largest absolute Gasteiger partial charge is 0.481 e. The molecule has 0 aromatic carbocycles. The van der Waals surface area contributed by atoms with Crippen LogP contribution in [0.25, 0.3) is 0 Å². The Kier molecular flexibility index (Phi) is 5.83. The average molecular weight is 337 g/mol. The summed E-state index contributed by atoms with van der Waals surface area (Å²) in [4.78, 5) is 34.7. The number of aryl methyl sites for hydroxylation is 1. The fraction of sp³-hybridized carbons (Fsp3) is 0.562. The topological polar surface area (TPSA) is 110 Å². The second-order valence-corrected chi connectivity index (χ2v) is 5.93. The second-order valence-electron chi connectivity index (χ2n) is 5.93. The zero-order chi connectivity index (χ0) is 17.7. The number of aliphatic carboxylic acids is 1. The molecule has 1 heterocycles. The number of amides is 2. The van der Waals surface area contributed by atoms with Gasteiger partial charge in [-0.1, -0.05) is 0 Å². The van der Waals surface area contributed by atoms with Crippen LogP contribution in [0.15, 0.2) is 12.3 Å². The number of ether oxygens (including phenoxy) is 1. The van der Waals surface area contributed by atoms with Crippen LogP contribution in [-0.4, -0.2) is 40.3 Å². The first-order valence-electron chi connectivity index (χ1n) is 8.04. The minimum Gasteiger partial charge on any atom is -0.481 e. The number of carboxylic acid groups (broad SMARTS) is 1. The Hall–Kier alpha value is -2.51. The SMILES string of the molecule is CCOC(=O)c1cc(NC(=O)NC2CCC(C(=O)O)CC2)cn1C. The van der Waals surface area contributed by atoms with Gasteiger partial charge < -0.3 is 25.0 Å². The molecule has 8 nitrogen and oxygen atoms in total. The summed E-state index contributed by atoms with van der Waals surface area (Å²) >= 11 is 0. The van der Waals surface area contributed by atoms with Gasteiger partial charge in [-0.05, 0) is 38.7 Å². The molecule has 24 heavy (non-hydrogen) atoms. The number of nitrogens with zero attached hydrogens (tertiary/aromatic N) is 1. The number of rotatable bonds is 5. The van der Waals surface area contributed by atoms with Gasteiger partial charge in [-0.15, -0.1) is 0 Å². The Morgan fingerprint density at radius 1 is 1.29 bits per heavy atom. The van der Waals surface area contributed by atoms with Crippen LogP contribution in [-0.2, 0) is 16.6 Å². The molecule has 1 fully saturated rings. The number of nitrogens with one attached hydrogen (secondary N) is 2. The number of esters is 1. The molecule has 0 saturated heterocycles. The van der Waals surface area contributed by atoms with Crippen molar-refractivity contribution < 1.29 is 24.2 Å². The summed E-state index contributed by atoms with van der Waals surface area (Å²) in [6, 6.07) is 1.16. The van der Waals surface area contributed by atoms with E-state index in [0.717, 1.165) is 0 Å². The van der Waals surface area contributed by atoms with E-state index in [2.05, 4.69) is 10.6 Å². The highest BCUT2D eigenvalue weighted by Crippen LogP contribution is 2.24. The molecule has 8 heteroatoms. The molecule has 132 valence electrons. The van der Waals surface area contributed by atoms with Crippen LogP contribution in [0.3, 0.4) is 0 Å². The van der Waals surface area contributed by atoms with Crippen LogP contribution in [0.5, 0.6) is 0 Å². The van der Waals surface area contributed by atoms with Crippen molar-refractivity contribution in [2.45, 2.75) is 38.6 Å². The normalized spacial score (nSPS) is 20.2. The van der Waals surface area contributed by atoms with Crippen molar-refractivity contribution in [2.24, 2.45) is 13.0 Å². The molecule has 3 N–H and O–H groups in total. The molecule has 1 aromatic heterocycles. The van der Waals surface area contributed by atoms with Gasteiger partial charge in [0, 0.05) is 19.3 Å². The fourth-order valence-electron chi connectivity index (χ4n) is 2.88. The van der Waals surface area contributed by atoms with Crippen LogP contribution in [0.2, 0.25) is 0 Å². The van der Waals surface area contributed by atoms with Crippen molar-refractivity contribution in [1.29, 1.82) is 0 Å². The highest BCUT2D eigenvalue weighted by atomic mass is 16.5. The summed E-state index contributed by atoms with van der Waals surface area (Å²) in [5.41, 5.74) is 0.853. The summed E-state index contributed by atoms with van der Waals surface area (Å²) in [7, 11) is 1.70. The van der Waals surface area contributed by atoms with E-state index in [1.54, 1.807) is 30.8 Å². The summed E-state index contributed by atoms with van der Waals surface area (Å²) in [6.45, 7) is 2.01. The Morgan fingerprint density at radius 3 is 2.54 bits per heavy atom. The van der Waals surface area contributed by atoms with Crippen LogP contribution >= 0.6 is 0 Å². The molecule has 0 radical (unpaired) electrons. The van der Waals surface area contributed by atoms with Crippen LogP contribution in [0.4, 0.5) is 10.5 Å². The lowest BCUT2D eigenvalue weighted by Crippen LogP contribution is -2.40. The quantitative estimate of drug-likeness (QED) is 0.712. The molecule has 0 unspecified atom stereocenters. The van der Waals surface area contributed by atoms with Crippen molar-refractivity contribution in [1.82, 2.24) is 9.88 Å². The molecule has 2 amide bonds. The standard InChI is InChI=1S/C16H23N3O5/c1-3-24-15(22)13-8-12(9-19(13)2)18-16(23)17-11-6-4-10(5-7-11)14(20)21/h8-11H,3-7H2,1-2H3,(H,20,21)(H2,17,18,23). The van der Waals surface area contributed by atoms with Gasteiger partial charge in [-0.3, -0.25) is 4.79 Å². The number of carboxylic acids is 1. The Balaban J connectivity index is 1.86. The smallest absolute Gasteiger partial charge is 0.355 e. The van der Waals surface area contributed by atoms with Crippen LogP contribution in [0.1, 0.15) is 43.1 Å². The predicted octanol–water partition coefficient (Wildman–Crippen LogP) is 1.97. The summed E-state index contributed by atoms with van der Waals surface area (Å²) < 4.78 is 6.53. The van der Waals surface area contributed by atoms with Gasteiger partial charge in [-0.25, -0.2) is 9.59 Å². The maximum absolute atomic E-state index is 12.0. The third-order valence-corrected chi connectivity index (χ3v) is 4.16. The Labute approximate surface area is 140 Å². The number of urea groups is 1. The minimum absolute atomic E-state index is 0.0335. The summed E-state index contributed by atoms with van der Waals surface area (Å²) in [6.07, 6.45) is 4.06. The maximum Gasteiger partial charge on any atom is 0.355 e. The monoisotopic (exact) mass is 337 g/mol. The molecule has 1 aliphatic carbocycles. The number of carbonyl (C=O) groups excluding carboxylic acids is 2. The lowest BCUT2D eigenvalue weighted by atomic mass is 9.86. The average Bonchev–Trinajstić information content (AvgIpc) is 2.88. The number of anilines is 1. The molecule has 1 saturated carbocycles. The first-order valence-corrected chi connectivity index (χ1v) is 8.04. The van der Waals surface area contributed by atoms with E-state index >= 15 is 0 Å². The van der Waals surface area contributed by atoms with Gasteiger partial charge in [0.1, 0.15) is 5.69 Å². The fourth-order valence-corrected chi connectivity index (χ4v) is 2.88. The number of hydrogen-bond donors (Lipinski definition) is 3. The van der Waals surface area contributed by atoms with Gasteiger partial charge in [0.15, 0.2) is 0 Å². The van der Waals surface area contributed by atoms with Crippen molar-refractivity contribution in [2.75, 3.05) is 11.9 Å². The Morgan fingerprint density at radius 2 is 1.96 bits per heavy atom. The first kappa shape index (κ1) is 17.8. The van der Waals surface area contributed by atoms with Crippen molar-refractivity contribution in [3.8, 4) is 0 Å². The van der Waals surface area contributed by atoms with E-state index in [1.807, 2.05) is 0 Å². The van der Waals surface area contributed by atoms with E-state index in [0.29, 0.717) is 37.1 Å². The zero-order valence-corrected chi connectivity index (χ0v) is 13.9. The Bertz CT molecular complexity index is 617. The van der Waals surface area contributed by atoms with Crippen molar-refractivity contribution >= 4 is 23.7 Å². The van der Waals surface area contributed by atoms with E-state index in [1.165, 1.54) is 0 Å². The van der Waals surface area contributed by atoms with E-state index in [9.17, 15) is 14.4 Å². The molecule has 2 rings (SSSR count). The zero-order valence-electron chi connectivity index (χ0n) is 13.9. The number of aromatic nitrogens is 1. The molecule has 1 aliphatic rings. The number of carbonyl (C=O) groups is 3. The summed E-state index contributed by atoms with van der Waals surface area (Å²) in [5, 5.41) is 14.5. The summed E-state index contributed by atoms with van der Waals surface area (Å²) in [5.74, 6) is -1.53. The van der Waals surface area contributed by atoms with Gasteiger partial charge >= 0.3 is 18.0 Å². The molecular formula is C16H23N3O5.